The van der Waals surface area contributed by atoms with E-state index in [1.54, 1.807) is 18.2 Å². The Balaban J connectivity index is 2.56. The number of rotatable bonds is 5. The van der Waals surface area contributed by atoms with Crippen LogP contribution in [0.15, 0.2) is 18.2 Å². The number of carbonyl (C=O) groups excluding carboxylic acids is 1. The third-order valence-electron chi connectivity index (χ3n) is 2.36. The Kier molecular flexibility index (Phi) is 5.64. The number of hydrogen-bond donors (Lipinski definition) is 1. The number of hydrogen-bond acceptors (Lipinski definition) is 1. The zero-order chi connectivity index (χ0) is 12.0. The summed E-state index contributed by atoms with van der Waals surface area (Å²) in [6.07, 6.45) is 1.81. The van der Waals surface area contributed by atoms with Gasteiger partial charge in [0.1, 0.15) is 0 Å². The second kappa shape index (κ2) is 6.77. The van der Waals surface area contributed by atoms with Crippen molar-refractivity contribution >= 4 is 29.1 Å². The molecule has 0 saturated carbocycles. The lowest BCUT2D eigenvalue weighted by atomic mass is 10.1. The van der Waals surface area contributed by atoms with E-state index < -0.39 is 0 Å². The molecule has 0 spiro atoms. The van der Waals surface area contributed by atoms with E-state index in [1.165, 1.54) is 0 Å². The molecule has 0 bridgehead atoms. The van der Waals surface area contributed by atoms with E-state index in [0.717, 1.165) is 18.4 Å². The van der Waals surface area contributed by atoms with Crippen LogP contribution in [0.1, 0.15) is 28.8 Å². The standard InChI is InChI=1S/C12H15Cl2NO/c1-9-10(5-4-6-11(9)14)12(16)15-8-3-2-7-13/h4-6H,2-3,7-8H2,1H3,(H,15,16). The largest absolute Gasteiger partial charge is 0.352 e. The Morgan fingerprint density at radius 2 is 2.12 bits per heavy atom. The van der Waals surface area contributed by atoms with Crippen molar-refractivity contribution in [2.24, 2.45) is 0 Å². The highest BCUT2D eigenvalue weighted by Gasteiger charge is 2.09. The normalized spacial score (nSPS) is 10.2. The van der Waals surface area contributed by atoms with Crippen LogP contribution >= 0.6 is 23.2 Å². The maximum absolute atomic E-state index is 11.8. The SMILES string of the molecule is Cc1c(Cl)cccc1C(=O)NCCCCCl. The van der Waals surface area contributed by atoms with Crippen LogP contribution in [0.4, 0.5) is 0 Å². The Morgan fingerprint density at radius 3 is 2.81 bits per heavy atom. The Bertz CT molecular complexity index is 366. The number of benzene rings is 1. The Labute approximate surface area is 106 Å². The summed E-state index contributed by atoms with van der Waals surface area (Å²) in [5.41, 5.74) is 1.46. The maximum Gasteiger partial charge on any atom is 0.251 e. The molecule has 0 radical (unpaired) electrons. The molecule has 0 aliphatic heterocycles. The number of amides is 1. The minimum Gasteiger partial charge on any atom is -0.352 e. The van der Waals surface area contributed by atoms with Crippen molar-refractivity contribution in [3.8, 4) is 0 Å². The first-order valence-electron chi connectivity index (χ1n) is 5.26. The summed E-state index contributed by atoms with van der Waals surface area (Å²) in [6, 6.07) is 5.34. The van der Waals surface area contributed by atoms with Crippen LogP contribution in [0.5, 0.6) is 0 Å². The van der Waals surface area contributed by atoms with E-state index in [0.29, 0.717) is 23.0 Å². The summed E-state index contributed by atoms with van der Waals surface area (Å²) >= 11 is 11.5. The number of alkyl halides is 1. The lowest BCUT2D eigenvalue weighted by molar-refractivity contribution is 0.0952. The zero-order valence-electron chi connectivity index (χ0n) is 9.22. The minimum atomic E-state index is -0.0745. The molecule has 1 amide bonds. The van der Waals surface area contributed by atoms with Crippen molar-refractivity contribution in [2.45, 2.75) is 19.8 Å². The molecule has 0 unspecified atom stereocenters. The van der Waals surface area contributed by atoms with Crippen molar-refractivity contribution in [3.63, 3.8) is 0 Å². The number of halogens is 2. The van der Waals surface area contributed by atoms with Gasteiger partial charge in [0.05, 0.1) is 0 Å². The van der Waals surface area contributed by atoms with E-state index in [1.807, 2.05) is 6.92 Å². The van der Waals surface area contributed by atoms with Crippen molar-refractivity contribution in [3.05, 3.63) is 34.3 Å². The molecular weight excluding hydrogens is 245 g/mol. The highest BCUT2D eigenvalue weighted by Crippen LogP contribution is 2.18. The summed E-state index contributed by atoms with van der Waals surface area (Å²) in [5.74, 6) is 0.557. The van der Waals surface area contributed by atoms with Gasteiger partial charge in [0.25, 0.3) is 5.91 Å². The van der Waals surface area contributed by atoms with E-state index in [2.05, 4.69) is 5.32 Å². The molecule has 1 N–H and O–H groups in total. The van der Waals surface area contributed by atoms with Gasteiger partial charge >= 0.3 is 0 Å². The minimum absolute atomic E-state index is 0.0745. The van der Waals surface area contributed by atoms with Gasteiger partial charge in [-0.1, -0.05) is 17.7 Å². The summed E-state index contributed by atoms with van der Waals surface area (Å²) < 4.78 is 0. The third-order valence-corrected chi connectivity index (χ3v) is 3.04. The Hall–Kier alpha value is -0.730. The summed E-state index contributed by atoms with van der Waals surface area (Å²) in [6.45, 7) is 2.49. The summed E-state index contributed by atoms with van der Waals surface area (Å²) in [5, 5.41) is 3.46. The predicted molar refractivity (Wildman–Crippen MR) is 68.5 cm³/mol. The molecule has 0 heterocycles. The van der Waals surface area contributed by atoms with Gasteiger partial charge < -0.3 is 5.32 Å². The van der Waals surface area contributed by atoms with Gasteiger partial charge in [-0.05, 0) is 37.5 Å². The van der Waals surface area contributed by atoms with Crippen LogP contribution in [0.2, 0.25) is 5.02 Å². The molecule has 1 aromatic rings. The molecule has 4 heteroatoms. The monoisotopic (exact) mass is 259 g/mol. The first kappa shape index (κ1) is 13.3. The van der Waals surface area contributed by atoms with Crippen molar-refractivity contribution < 1.29 is 4.79 Å². The predicted octanol–water partition coefficient (Wildman–Crippen LogP) is 3.40. The number of carbonyl (C=O) groups is 1. The fraction of sp³-hybridized carbons (Fsp3) is 0.417. The van der Waals surface area contributed by atoms with E-state index >= 15 is 0 Å². The quantitative estimate of drug-likeness (QED) is 0.638. The first-order valence-corrected chi connectivity index (χ1v) is 6.17. The van der Waals surface area contributed by atoms with Gasteiger partial charge in [-0.15, -0.1) is 11.6 Å². The highest BCUT2D eigenvalue weighted by molar-refractivity contribution is 6.31. The lowest BCUT2D eigenvalue weighted by Crippen LogP contribution is -2.25. The molecular formula is C12H15Cl2NO. The molecule has 0 saturated heterocycles. The fourth-order valence-corrected chi connectivity index (χ4v) is 1.73. The first-order chi connectivity index (χ1) is 7.66. The molecule has 0 aliphatic rings. The second-order valence-electron chi connectivity index (χ2n) is 3.56. The van der Waals surface area contributed by atoms with Gasteiger partial charge in [0.2, 0.25) is 0 Å². The topological polar surface area (TPSA) is 29.1 Å². The summed E-state index contributed by atoms with van der Waals surface area (Å²) in [4.78, 5) is 11.8. The number of nitrogens with one attached hydrogen (secondary N) is 1. The summed E-state index contributed by atoms with van der Waals surface area (Å²) in [7, 11) is 0. The fourth-order valence-electron chi connectivity index (χ4n) is 1.37. The van der Waals surface area contributed by atoms with Crippen LogP contribution in [0.25, 0.3) is 0 Å². The van der Waals surface area contributed by atoms with Crippen LogP contribution in [-0.4, -0.2) is 18.3 Å². The van der Waals surface area contributed by atoms with Gasteiger partial charge in [-0.2, -0.15) is 0 Å². The van der Waals surface area contributed by atoms with Crippen LogP contribution in [0, 0.1) is 6.92 Å². The van der Waals surface area contributed by atoms with Crippen molar-refractivity contribution in [2.75, 3.05) is 12.4 Å². The molecule has 0 atom stereocenters. The molecule has 88 valence electrons. The molecule has 1 aromatic carbocycles. The van der Waals surface area contributed by atoms with Crippen molar-refractivity contribution in [1.82, 2.24) is 5.32 Å². The molecule has 0 aromatic heterocycles. The van der Waals surface area contributed by atoms with Gasteiger partial charge in [0.15, 0.2) is 0 Å². The maximum atomic E-state index is 11.8. The van der Waals surface area contributed by atoms with E-state index in [4.69, 9.17) is 23.2 Å². The Morgan fingerprint density at radius 1 is 1.38 bits per heavy atom. The third kappa shape index (κ3) is 3.69. The van der Waals surface area contributed by atoms with Gasteiger partial charge in [-0.3, -0.25) is 4.79 Å². The molecule has 0 fully saturated rings. The van der Waals surface area contributed by atoms with E-state index in [9.17, 15) is 4.79 Å². The molecule has 2 nitrogen and oxygen atoms in total. The van der Waals surface area contributed by atoms with Crippen LogP contribution in [0.3, 0.4) is 0 Å². The average molecular weight is 260 g/mol. The molecule has 16 heavy (non-hydrogen) atoms. The lowest BCUT2D eigenvalue weighted by Gasteiger charge is -2.08. The smallest absolute Gasteiger partial charge is 0.251 e. The van der Waals surface area contributed by atoms with Gasteiger partial charge in [0, 0.05) is 23.0 Å². The van der Waals surface area contributed by atoms with Crippen LogP contribution in [-0.2, 0) is 0 Å². The number of unbranched alkanes of at least 4 members (excludes halogenated alkanes) is 1. The van der Waals surface area contributed by atoms with E-state index in [-0.39, 0.29) is 5.91 Å². The zero-order valence-corrected chi connectivity index (χ0v) is 10.7. The van der Waals surface area contributed by atoms with Crippen LogP contribution < -0.4 is 5.32 Å². The highest BCUT2D eigenvalue weighted by atomic mass is 35.5. The van der Waals surface area contributed by atoms with Crippen molar-refractivity contribution in [1.29, 1.82) is 0 Å². The van der Waals surface area contributed by atoms with Gasteiger partial charge in [-0.25, -0.2) is 0 Å². The second-order valence-corrected chi connectivity index (χ2v) is 4.35. The average Bonchev–Trinajstić information content (AvgIpc) is 2.28. The molecule has 1 rings (SSSR count). The molecule has 0 aliphatic carbocycles.